The van der Waals surface area contributed by atoms with E-state index in [9.17, 15) is 0 Å². The fourth-order valence-corrected chi connectivity index (χ4v) is 2.47. The lowest BCUT2D eigenvalue weighted by Crippen LogP contribution is -2.31. The molecule has 0 radical (unpaired) electrons. The molecule has 0 aliphatic carbocycles. The van der Waals surface area contributed by atoms with Gasteiger partial charge in [-0.25, -0.2) is 4.98 Å². The zero-order chi connectivity index (χ0) is 12.5. The summed E-state index contributed by atoms with van der Waals surface area (Å²) in [6.07, 6.45) is 4.74. The van der Waals surface area contributed by atoms with Gasteiger partial charge in [0.1, 0.15) is 5.01 Å². The molecule has 2 aromatic heterocycles. The van der Waals surface area contributed by atoms with E-state index >= 15 is 0 Å². The van der Waals surface area contributed by atoms with Gasteiger partial charge in [-0.15, -0.1) is 11.3 Å². The van der Waals surface area contributed by atoms with Gasteiger partial charge in [-0.05, 0) is 20.3 Å². The van der Waals surface area contributed by atoms with Crippen LogP contribution in [-0.4, -0.2) is 14.8 Å². The van der Waals surface area contributed by atoms with Crippen LogP contribution in [0.5, 0.6) is 0 Å². The van der Waals surface area contributed by atoms with E-state index in [-0.39, 0.29) is 5.54 Å². The summed E-state index contributed by atoms with van der Waals surface area (Å²) in [7, 11) is 0. The maximum absolute atomic E-state index is 6.19. The largest absolute Gasteiger partial charge is 0.320 e. The Labute approximate surface area is 105 Å². The van der Waals surface area contributed by atoms with Gasteiger partial charge in [0, 0.05) is 23.7 Å². The average Bonchev–Trinajstić information content (AvgIpc) is 2.97. The summed E-state index contributed by atoms with van der Waals surface area (Å²) < 4.78 is 1.90. The third-order valence-corrected chi connectivity index (χ3v) is 4.10. The van der Waals surface area contributed by atoms with E-state index in [4.69, 9.17) is 5.73 Å². The van der Waals surface area contributed by atoms with Gasteiger partial charge in [-0.1, -0.05) is 6.92 Å². The van der Waals surface area contributed by atoms with E-state index in [1.54, 1.807) is 11.3 Å². The summed E-state index contributed by atoms with van der Waals surface area (Å²) in [5, 5.41) is 7.29. The van der Waals surface area contributed by atoms with Crippen LogP contribution in [0.1, 0.15) is 32.2 Å². The second-order valence-electron chi connectivity index (χ2n) is 4.39. The smallest absolute Gasteiger partial charge is 0.113 e. The summed E-state index contributed by atoms with van der Waals surface area (Å²) in [5.41, 5.74) is 7.88. The van der Waals surface area contributed by atoms with Crippen molar-refractivity contribution in [1.82, 2.24) is 14.8 Å². The molecule has 0 amide bonds. The number of nitrogens with zero attached hydrogens (tertiary/aromatic N) is 3. The van der Waals surface area contributed by atoms with Crippen LogP contribution >= 0.6 is 11.3 Å². The Kier molecular flexibility index (Phi) is 3.31. The fraction of sp³-hybridized carbons (Fsp3) is 0.500. The van der Waals surface area contributed by atoms with Gasteiger partial charge >= 0.3 is 0 Å². The van der Waals surface area contributed by atoms with Gasteiger partial charge in [0.15, 0.2) is 0 Å². The zero-order valence-electron chi connectivity index (χ0n) is 10.5. The second kappa shape index (κ2) is 4.58. The van der Waals surface area contributed by atoms with Crippen molar-refractivity contribution in [3.05, 3.63) is 22.8 Å². The molecule has 0 bridgehead atoms. The van der Waals surface area contributed by atoms with Crippen LogP contribution in [0.3, 0.4) is 0 Å². The summed E-state index contributed by atoms with van der Waals surface area (Å²) >= 11 is 1.62. The minimum Gasteiger partial charge on any atom is -0.320 e. The monoisotopic (exact) mass is 250 g/mol. The molecule has 0 aromatic carbocycles. The van der Waals surface area contributed by atoms with Crippen LogP contribution < -0.4 is 5.73 Å². The molecule has 2 heterocycles. The van der Waals surface area contributed by atoms with Gasteiger partial charge in [0.2, 0.25) is 0 Å². The lowest BCUT2D eigenvalue weighted by molar-refractivity contribution is 0.474. The minimum atomic E-state index is -0.330. The lowest BCUT2D eigenvalue weighted by atomic mass is 10.0. The van der Waals surface area contributed by atoms with E-state index in [1.165, 1.54) is 0 Å². The van der Waals surface area contributed by atoms with Crippen molar-refractivity contribution in [2.24, 2.45) is 5.73 Å². The number of hydrogen-bond acceptors (Lipinski definition) is 4. The predicted octanol–water partition coefficient (Wildman–Crippen LogP) is 2.61. The van der Waals surface area contributed by atoms with Crippen molar-refractivity contribution < 1.29 is 0 Å². The van der Waals surface area contributed by atoms with Crippen molar-refractivity contribution in [1.29, 1.82) is 0 Å². The van der Waals surface area contributed by atoms with Crippen LogP contribution in [0.25, 0.3) is 11.3 Å². The number of aryl methyl sites for hydroxylation is 1. The van der Waals surface area contributed by atoms with Crippen molar-refractivity contribution >= 4 is 11.3 Å². The van der Waals surface area contributed by atoms with Crippen LogP contribution in [0, 0.1) is 0 Å². The Bertz CT molecular complexity index is 498. The molecule has 1 unspecified atom stereocenters. The molecule has 2 N–H and O–H groups in total. The normalized spacial score (nSPS) is 14.8. The molecular formula is C12H18N4S. The summed E-state index contributed by atoms with van der Waals surface area (Å²) in [4.78, 5) is 4.61. The molecule has 4 nitrogen and oxygen atoms in total. The second-order valence-corrected chi connectivity index (χ2v) is 5.25. The van der Waals surface area contributed by atoms with Gasteiger partial charge in [-0.3, -0.25) is 4.68 Å². The number of hydrogen-bond donors (Lipinski definition) is 1. The SMILES string of the molecule is CCn1cc(-c2csc(C(C)(N)CC)n2)cn1. The van der Waals surface area contributed by atoms with E-state index in [2.05, 4.69) is 23.9 Å². The van der Waals surface area contributed by atoms with E-state index < -0.39 is 0 Å². The van der Waals surface area contributed by atoms with E-state index in [0.29, 0.717) is 0 Å². The van der Waals surface area contributed by atoms with Crippen molar-refractivity contribution in [2.75, 3.05) is 0 Å². The van der Waals surface area contributed by atoms with Crippen LogP contribution in [0.4, 0.5) is 0 Å². The number of aromatic nitrogens is 3. The van der Waals surface area contributed by atoms with E-state index in [1.807, 2.05) is 29.4 Å². The first kappa shape index (κ1) is 12.3. The van der Waals surface area contributed by atoms with Crippen LogP contribution in [-0.2, 0) is 12.1 Å². The molecule has 2 aromatic rings. The van der Waals surface area contributed by atoms with Gasteiger partial charge < -0.3 is 5.73 Å². The highest BCUT2D eigenvalue weighted by molar-refractivity contribution is 7.10. The zero-order valence-corrected chi connectivity index (χ0v) is 11.3. The van der Waals surface area contributed by atoms with Crippen molar-refractivity contribution in [2.45, 2.75) is 39.3 Å². The highest BCUT2D eigenvalue weighted by atomic mass is 32.1. The summed E-state index contributed by atoms with van der Waals surface area (Å²) in [5.74, 6) is 0. The molecule has 1 atom stereocenters. The average molecular weight is 250 g/mol. The molecule has 0 fully saturated rings. The fourth-order valence-electron chi connectivity index (χ4n) is 1.49. The molecule has 0 spiro atoms. The van der Waals surface area contributed by atoms with Crippen molar-refractivity contribution in [3.63, 3.8) is 0 Å². The predicted molar refractivity (Wildman–Crippen MR) is 70.8 cm³/mol. The molecule has 0 aliphatic rings. The van der Waals surface area contributed by atoms with Gasteiger partial charge in [0.05, 0.1) is 17.4 Å². The topological polar surface area (TPSA) is 56.7 Å². The first-order valence-electron chi connectivity index (χ1n) is 5.84. The molecule has 0 saturated heterocycles. The Morgan fingerprint density at radius 2 is 2.24 bits per heavy atom. The quantitative estimate of drug-likeness (QED) is 0.907. The summed E-state index contributed by atoms with van der Waals surface area (Å²) in [6.45, 7) is 7.04. The standard InChI is InChI=1S/C12H18N4S/c1-4-12(3,13)11-15-10(8-17-11)9-6-14-16(5-2)7-9/h6-8H,4-5,13H2,1-3H3. The minimum absolute atomic E-state index is 0.330. The van der Waals surface area contributed by atoms with Crippen LogP contribution in [0.15, 0.2) is 17.8 Å². The Hall–Kier alpha value is -1.20. The Morgan fingerprint density at radius 1 is 1.47 bits per heavy atom. The first-order valence-corrected chi connectivity index (χ1v) is 6.72. The summed E-state index contributed by atoms with van der Waals surface area (Å²) in [6, 6.07) is 0. The van der Waals surface area contributed by atoms with Crippen LogP contribution in [0.2, 0.25) is 0 Å². The van der Waals surface area contributed by atoms with Gasteiger partial charge in [-0.2, -0.15) is 5.10 Å². The molecule has 5 heteroatoms. The number of thiazole rings is 1. The molecule has 17 heavy (non-hydrogen) atoms. The Balaban J connectivity index is 2.29. The third-order valence-electron chi connectivity index (χ3n) is 2.98. The molecular weight excluding hydrogens is 232 g/mol. The number of nitrogens with two attached hydrogens (primary N) is 1. The highest BCUT2D eigenvalue weighted by Crippen LogP contribution is 2.28. The molecule has 0 saturated carbocycles. The third kappa shape index (κ3) is 2.40. The van der Waals surface area contributed by atoms with Crippen molar-refractivity contribution in [3.8, 4) is 11.3 Å². The molecule has 92 valence electrons. The highest BCUT2D eigenvalue weighted by Gasteiger charge is 2.22. The number of rotatable bonds is 4. The molecule has 0 aliphatic heterocycles. The van der Waals surface area contributed by atoms with E-state index in [0.717, 1.165) is 29.2 Å². The first-order chi connectivity index (χ1) is 8.06. The maximum atomic E-state index is 6.19. The maximum Gasteiger partial charge on any atom is 0.113 e. The Morgan fingerprint density at radius 3 is 2.82 bits per heavy atom. The van der Waals surface area contributed by atoms with Gasteiger partial charge in [0.25, 0.3) is 0 Å². The molecule has 2 rings (SSSR count). The lowest BCUT2D eigenvalue weighted by Gasteiger charge is -2.18.